The monoisotopic (exact) mass is 853 g/mol. The number of halogens is 3. The van der Waals surface area contributed by atoms with Crippen LogP contribution in [0.5, 0.6) is 17.2 Å². The fraction of sp³-hybridized carbons (Fsp3) is 0.282. The number of pyridine rings is 1. The number of hydrogen-bond donors (Lipinski definition) is 5. The van der Waals surface area contributed by atoms with Gasteiger partial charge in [0, 0.05) is 72.0 Å². The Morgan fingerprint density at radius 3 is 2.40 bits per heavy atom. The van der Waals surface area contributed by atoms with Gasteiger partial charge >= 0.3 is 11.9 Å². The Hall–Kier alpha value is -5.51. The van der Waals surface area contributed by atoms with Gasteiger partial charge in [0.2, 0.25) is 0 Å². The van der Waals surface area contributed by atoms with Crippen molar-refractivity contribution in [1.29, 1.82) is 5.26 Å². The summed E-state index contributed by atoms with van der Waals surface area (Å²) in [5, 5.41) is 48.4. The second-order valence-corrected chi connectivity index (χ2v) is 13.7. The lowest BCUT2D eigenvalue weighted by Crippen LogP contribution is -2.39. The van der Waals surface area contributed by atoms with E-state index in [-0.39, 0.29) is 42.9 Å². The average Bonchev–Trinajstić information content (AvgIpc) is 3.69. The molecule has 0 aliphatic carbocycles. The quantitative estimate of drug-likeness (QED) is 0.0497. The van der Waals surface area contributed by atoms with Gasteiger partial charge in [-0.15, -0.1) is 5.10 Å². The molecule has 0 amide bonds. The molecule has 0 saturated heterocycles. The number of aliphatic hydroxyl groups excluding tert-OH is 2. The molecule has 0 fully saturated rings. The van der Waals surface area contributed by atoms with Gasteiger partial charge in [0.15, 0.2) is 0 Å². The summed E-state index contributed by atoms with van der Waals surface area (Å²) in [4.78, 5) is 27.3. The van der Waals surface area contributed by atoms with Gasteiger partial charge < -0.3 is 40.0 Å². The van der Waals surface area contributed by atoms with Crippen LogP contribution in [0.2, 0.25) is 15.1 Å². The molecule has 5 aromatic rings. The topological polar surface area (TPSA) is 237 Å². The Bertz CT molecular complexity index is 2250. The maximum Gasteiger partial charge on any atom is 0.325 e. The first-order valence-electron chi connectivity index (χ1n) is 17.6. The van der Waals surface area contributed by atoms with Crippen molar-refractivity contribution in [3.05, 3.63) is 116 Å². The van der Waals surface area contributed by atoms with Crippen molar-refractivity contribution in [1.82, 2.24) is 25.3 Å². The van der Waals surface area contributed by atoms with E-state index in [9.17, 15) is 20.0 Å². The van der Waals surface area contributed by atoms with Gasteiger partial charge in [-0.2, -0.15) is 5.26 Å². The molecule has 16 nitrogen and oxygen atoms in total. The molecule has 2 atom stereocenters. The zero-order valence-corrected chi connectivity index (χ0v) is 33.0. The first-order chi connectivity index (χ1) is 28.0. The number of rotatable bonds is 21. The highest BCUT2D eigenvalue weighted by atomic mass is 35.5. The molecular weight excluding hydrogens is 817 g/mol. The lowest BCUT2D eigenvalue weighted by Gasteiger charge is -2.17. The van der Waals surface area contributed by atoms with Crippen LogP contribution < -0.4 is 25.3 Å². The molecular formula is C39H38Cl3N7O9. The maximum atomic E-state index is 12.2. The van der Waals surface area contributed by atoms with Crippen molar-refractivity contribution < 1.29 is 43.9 Å². The number of hydrogen-bond acceptors (Lipinski definition) is 14. The first-order valence-corrected chi connectivity index (χ1v) is 18.7. The number of carbonyl (C=O) groups excluding carboxylic acids is 1. The molecule has 0 bridgehead atoms. The van der Waals surface area contributed by atoms with Gasteiger partial charge in [0.1, 0.15) is 55.2 Å². The van der Waals surface area contributed by atoms with E-state index in [0.717, 1.165) is 0 Å². The highest BCUT2D eigenvalue weighted by molar-refractivity contribution is 6.37. The van der Waals surface area contributed by atoms with Gasteiger partial charge in [0.25, 0.3) is 0 Å². The van der Waals surface area contributed by atoms with Crippen LogP contribution in [0, 0.1) is 11.3 Å². The minimum absolute atomic E-state index is 0.00486. The van der Waals surface area contributed by atoms with Crippen LogP contribution in [0.3, 0.4) is 0 Å². The molecule has 304 valence electrons. The second-order valence-electron chi connectivity index (χ2n) is 12.6. The molecule has 0 aliphatic heterocycles. The molecule has 0 radical (unpaired) electrons. The maximum absolute atomic E-state index is 12.2. The third-order valence-corrected chi connectivity index (χ3v) is 9.54. The number of carbonyl (C=O) groups is 2. The van der Waals surface area contributed by atoms with Crippen LogP contribution in [0.4, 0.5) is 0 Å². The Morgan fingerprint density at radius 2 is 1.66 bits per heavy atom. The van der Waals surface area contributed by atoms with Crippen LogP contribution in [0.15, 0.2) is 73.2 Å². The van der Waals surface area contributed by atoms with Crippen molar-refractivity contribution >= 4 is 46.7 Å². The van der Waals surface area contributed by atoms with Gasteiger partial charge in [-0.3, -0.25) is 24.6 Å². The smallest absolute Gasteiger partial charge is 0.325 e. The number of aliphatic hydroxyl groups is 2. The number of benzene rings is 3. The number of nitrogens with one attached hydrogen (secondary N) is 1. The van der Waals surface area contributed by atoms with Gasteiger partial charge in [-0.05, 0) is 18.2 Å². The Labute approximate surface area is 347 Å². The molecule has 5 rings (SSSR count). The largest absolute Gasteiger partial charge is 0.492 e. The molecule has 6 N–H and O–H groups in total. The summed E-state index contributed by atoms with van der Waals surface area (Å²) in [6, 6.07) is 15.2. The summed E-state index contributed by atoms with van der Waals surface area (Å²) in [7, 11) is 0. The third kappa shape index (κ3) is 11.8. The number of nitrogens with two attached hydrogens (primary N) is 1. The number of carboxylic acids is 1. The highest BCUT2D eigenvalue weighted by Gasteiger charge is 2.20. The molecule has 2 aromatic heterocycles. The van der Waals surface area contributed by atoms with E-state index in [1.807, 2.05) is 24.3 Å². The summed E-state index contributed by atoms with van der Waals surface area (Å²) in [6.07, 6.45) is 5.22. The highest BCUT2D eigenvalue weighted by Crippen LogP contribution is 2.40. The molecule has 3 aromatic carbocycles. The first kappa shape index (κ1) is 43.6. The zero-order chi connectivity index (χ0) is 41.6. The summed E-state index contributed by atoms with van der Waals surface area (Å²) in [6.45, 7) is -0.479. The Balaban J connectivity index is 1.24. The van der Waals surface area contributed by atoms with E-state index in [4.69, 9.17) is 69.7 Å². The van der Waals surface area contributed by atoms with E-state index in [1.165, 1.54) is 12.3 Å². The van der Waals surface area contributed by atoms with Crippen molar-refractivity contribution in [3.63, 3.8) is 0 Å². The van der Waals surface area contributed by atoms with E-state index in [1.54, 1.807) is 47.4 Å². The van der Waals surface area contributed by atoms with E-state index < -0.39 is 37.2 Å². The normalized spacial score (nSPS) is 12.0. The summed E-state index contributed by atoms with van der Waals surface area (Å²) in [5.41, 5.74) is 9.36. The van der Waals surface area contributed by atoms with Gasteiger partial charge in [0.05, 0.1) is 46.1 Å². The minimum atomic E-state index is -1.22. The van der Waals surface area contributed by atoms with Crippen LogP contribution in [-0.4, -0.2) is 79.1 Å². The van der Waals surface area contributed by atoms with Crippen molar-refractivity contribution in [2.24, 2.45) is 5.73 Å². The third-order valence-electron chi connectivity index (χ3n) is 8.40. The van der Waals surface area contributed by atoms with E-state index in [0.29, 0.717) is 74.4 Å². The van der Waals surface area contributed by atoms with Gasteiger partial charge in [-0.25, -0.2) is 0 Å². The summed E-state index contributed by atoms with van der Waals surface area (Å²) >= 11 is 20.4. The second kappa shape index (κ2) is 21.3. The van der Waals surface area contributed by atoms with Gasteiger partial charge in [-0.1, -0.05) is 70.3 Å². The Morgan fingerprint density at radius 1 is 0.897 bits per heavy atom. The fourth-order valence-electron chi connectivity index (χ4n) is 5.33. The fourth-order valence-corrected chi connectivity index (χ4v) is 6.14. The number of aromatic nitrogens is 4. The molecule has 0 saturated carbocycles. The SMILES string of the molecule is N#Cc1cncc(COc2cc(OCc3cccc(-c4cccc(OCCCn5cc(CNC(CO)C(=O)O)nn5)c4Cl)c3Cl)c(Cl)cc2COC(=O)[C@@H](N)CO)c1. The number of carboxylic acid groups (broad SMARTS) is 1. The number of esters is 1. The predicted molar refractivity (Wildman–Crippen MR) is 211 cm³/mol. The zero-order valence-electron chi connectivity index (χ0n) is 30.7. The number of ether oxygens (including phenoxy) is 4. The van der Waals surface area contributed by atoms with Crippen molar-refractivity contribution in [3.8, 4) is 34.4 Å². The molecule has 1 unspecified atom stereocenters. The summed E-state index contributed by atoms with van der Waals surface area (Å²) < 4.78 is 25.1. The lowest BCUT2D eigenvalue weighted by molar-refractivity contribution is -0.147. The number of nitrogens with zero attached hydrogens (tertiary/aromatic N) is 5. The molecule has 2 heterocycles. The van der Waals surface area contributed by atoms with Crippen LogP contribution >= 0.6 is 34.8 Å². The summed E-state index contributed by atoms with van der Waals surface area (Å²) in [5.74, 6) is -1.02. The standard InChI is InChI=1S/C39H38Cl3N7O9/c40-30-11-26(22-58-39(54)31(44)18-50)34(56-20-24-10-23(13-43)14-45-15-24)12-35(30)57-21-25-4-1-5-28(36(25)41)29-6-2-7-33(37(29)42)55-9-3-8-49-17-27(47-48-49)16-46-32(19-51)38(52)53/h1-2,4-7,10-12,14-15,17,31-32,46,50-51H,3,8-9,16,18-22,44H2,(H,52,53)/t31-,32?/m0/s1. The Kier molecular flexibility index (Phi) is 16.0. The lowest BCUT2D eigenvalue weighted by atomic mass is 10.0. The van der Waals surface area contributed by atoms with Crippen molar-refractivity contribution in [2.75, 3.05) is 19.8 Å². The van der Waals surface area contributed by atoms with Crippen LogP contribution in [0.1, 0.15) is 34.4 Å². The minimum Gasteiger partial charge on any atom is -0.492 e. The molecule has 0 aliphatic rings. The van der Waals surface area contributed by atoms with E-state index >= 15 is 0 Å². The van der Waals surface area contributed by atoms with Crippen molar-refractivity contribution in [2.45, 2.75) is 51.4 Å². The number of aryl methyl sites for hydroxylation is 1. The van der Waals surface area contributed by atoms with Crippen LogP contribution in [-0.2, 0) is 47.2 Å². The molecule has 58 heavy (non-hydrogen) atoms. The molecule has 19 heteroatoms. The number of aliphatic carboxylic acids is 1. The predicted octanol–water partition coefficient (Wildman–Crippen LogP) is 4.70. The van der Waals surface area contributed by atoms with E-state index in [2.05, 4.69) is 20.6 Å². The molecule has 0 spiro atoms. The van der Waals surface area contributed by atoms with Crippen LogP contribution in [0.25, 0.3) is 11.1 Å². The average molecular weight is 855 g/mol. The number of nitriles is 1.